The molecule has 0 saturated carbocycles. The van der Waals surface area contributed by atoms with Crippen LogP contribution in [0.5, 0.6) is 0 Å². The van der Waals surface area contributed by atoms with Crippen molar-refractivity contribution in [3.05, 3.63) is 57.0 Å². The van der Waals surface area contributed by atoms with Crippen LogP contribution in [0.4, 0.5) is 18.9 Å². The zero-order valence-corrected chi connectivity index (χ0v) is 17.1. The van der Waals surface area contributed by atoms with Gasteiger partial charge < -0.3 is 14.6 Å². The van der Waals surface area contributed by atoms with Gasteiger partial charge >= 0.3 is 11.9 Å². The van der Waals surface area contributed by atoms with E-state index in [1.807, 2.05) is 0 Å². The number of hydrogen-bond donors (Lipinski definition) is 1. The third-order valence-corrected chi connectivity index (χ3v) is 5.20. The molecule has 0 fully saturated rings. The van der Waals surface area contributed by atoms with Crippen LogP contribution in [0.2, 0.25) is 0 Å². The topological polar surface area (TPSA) is 100 Å². The van der Waals surface area contributed by atoms with E-state index in [4.69, 9.17) is 0 Å². The molecular weight excluding hydrogens is 419 g/mol. The first-order valence-corrected chi connectivity index (χ1v) is 9.04. The monoisotopic (exact) mass is 439 g/mol. The molecule has 1 unspecified atom stereocenters. The lowest BCUT2D eigenvalue weighted by Crippen LogP contribution is -2.41. The van der Waals surface area contributed by atoms with Crippen LogP contribution >= 0.6 is 0 Å². The average Bonchev–Trinajstić information content (AvgIpc) is 3.13. The number of methoxy groups -OCH3 is 1. The molecule has 0 aliphatic carbocycles. The van der Waals surface area contributed by atoms with Gasteiger partial charge in [-0.2, -0.15) is 13.2 Å². The van der Waals surface area contributed by atoms with Crippen molar-refractivity contribution in [1.82, 2.24) is 18.7 Å². The highest BCUT2D eigenvalue weighted by Crippen LogP contribution is 2.41. The molecule has 1 N–H and O–H groups in total. The molecule has 3 aromatic rings. The van der Waals surface area contributed by atoms with E-state index in [0.29, 0.717) is 0 Å². The molecule has 1 atom stereocenters. The van der Waals surface area contributed by atoms with Crippen LogP contribution in [-0.4, -0.2) is 37.9 Å². The van der Waals surface area contributed by atoms with E-state index >= 15 is 0 Å². The van der Waals surface area contributed by atoms with Crippen molar-refractivity contribution in [2.45, 2.75) is 25.2 Å². The Balaban J connectivity index is 1.83. The molecule has 0 spiro atoms. The summed E-state index contributed by atoms with van der Waals surface area (Å²) in [5.41, 5.74) is -3.27. The van der Waals surface area contributed by atoms with Crippen molar-refractivity contribution in [1.29, 1.82) is 0 Å². The number of halogens is 3. The smallest absolute Gasteiger partial charge is 0.364 e. The van der Waals surface area contributed by atoms with Gasteiger partial charge in [0, 0.05) is 26.9 Å². The number of nitrogens with zero attached hydrogens (tertiary/aromatic N) is 4. The first kappa shape index (κ1) is 22.3. The van der Waals surface area contributed by atoms with Gasteiger partial charge in [-0.1, -0.05) is 12.1 Å². The van der Waals surface area contributed by atoms with E-state index in [2.05, 4.69) is 15.0 Å². The number of carbonyl (C=O) groups excluding carboxylic acids is 1. The van der Waals surface area contributed by atoms with Crippen molar-refractivity contribution < 1.29 is 22.7 Å². The first-order valence-electron chi connectivity index (χ1n) is 9.04. The van der Waals surface area contributed by atoms with Crippen molar-refractivity contribution >= 4 is 22.8 Å². The van der Waals surface area contributed by atoms with Crippen LogP contribution in [0, 0.1) is 0 Å². The van der Waals surface area contributed by atoms with Gasteiger partial charge in [-0.15, -0.1) is 0 Å². The van der Waals surface area contributed by atoms with Crippen molar-refractivity contribution in [3.8, 4) is 0 Å². The minimum Gasteiger partial charge on any atom is -0.364 e. The molecule has 1 amide bonds. The molecule has 2 heterocycles. The zero-order chi connectivity index (χ0) is 23.1. The maximum absolute atomic E-state index is 13.3. The van der Waals surface area contributed by atoms with Gasteiger partial charge in [-0.05, 0) is 24.6 Å². The van der Waals surface area contributed by atoms with E-state index in [1.165, 1.54) is 53.8 Å². The summed E-state index contributed by atoms with van der Waals surface area (Å²) in [6.45, 7) is 0.628. The van der Waals surface area contributed by atoms with Gasteiger partial charge in [0.1, 0.15) is 6.54 Å². The Kier molecular flexibility index (Phi) is 5.53. The predicted molar refractivity (Wildman–Crippen MR) is 106 cm³/mol. The zero-order valence-electron chi connectivity index (χ0n) is 17.1. The fraction of sp³-hybridized carbons (Fsp3) is 0.368. The standard InChI is InChI=1S/C19H20F3N5O4/c1-18(31-4,19(20,21)22)11-5-7-12(8-6-11)24-13(28)9-27-10-23-15-14(27)16(29)26(3)17(30)25(15)2/h5-8,10H,9H2,1-4H3,(H,24,28). The molecule has 12 heteroatoms. The summed E-state index contributed by atoms with van der Waals surface area (Å²) in [6.07, 6.45) is -3.36. The second-order valence-electron chi connectivity index (χ2n) is 7.11. The van der Waals surface area contributed by atoms with Crippen molar-refractivity contribution in [2.24, 2.45) is 14.1 Å². The second-order valence-corrected chi connectivity index (χ2v) is 7.11. The second kappa shape index (κ2) is 7.69. The Labute approximate surface area is 173 Å². The van der Waals surface area contributed by atoms with Gasteiger partial charge in [-0.25, -0.2) is 9.78 Å². The van der Waals surface area contributed by atoms with Gasteiger partial charge in [0.15, 0.2) is 16.8 Å². The summed E-state index contributed by atoms with van der Waals surface area (Å²) < 4.78 is 48.0. The molecule has 0 aliphatic heterocycles. The highest BCUT2D eigenvalue weighted by molar-refractivity contribution is 5.91. The number of fused-ring (bicyclic) bond motifs is 1. The summed E-state index contributed by atoms with van der Waals surface area (Å²) in [7, 11) is 3.74. The molecule has 3 rings (SSSR count). The third kappa shape index (κ3) is 3.74. The van der Waals surface area contributed by atoms with E-state index < -0.39 is 28.9 Å². The van der Waals surface area contributed by atoms with Gasteiger partial charge in [0.2, 0.25) is 5.91 Å². The van der Waals surface area contributed by atoms with Crippen LogP contribution in [-0.2, 0) is 35.8 Å². The highest BCUT2D eigenvalue weighted by Gasteiger charge is 2.53. The van der Waals surface area contributed by atoms with Crippen molar-refractivity contribution in [3.63, 3.8) is 0 Å². The Morgan fingerprint density at radius 2 is 1.74 bits per heavy atom. The van der Waals surface area contributed by atoms with Crippen LogP contribution in [0.15, 0.2) is 40.2 Å². The number of alkyl halides is 3. The summed E-state index contributed by atoms with van der Waals surface area (Å²) in [5, 5.41) is 2.55. The number of rotatable bonds is 5. The van der Waals surface area contributed by atoms with Gasteiger partial charge in [-0.3, -0.25) is 18.7 Å². The number of aromatic nitrogens is 4. The minimum atomic E-state index is -4.62. The molecule has 2 aromatic heterocycles. The SMILES string of the molecule is COC(C)(c1ccc(NC(=O)Cn2cnc3c2c(=O)n(C)c(=O)n3C)cc1)C(F)(F)F. The molecular formula is C19H20F3N5O4. The summed E-state index contributed by atoms with van der Waals surface area (Å²) >= 11 is 0. The first-order chi connectivity index (χ1) is 14.4. The molecule has 0 radical (unpaired) electrons. The molecule has 9 nitrogen and oxygen atoms in total. The van der Waals surface area contributed by atoms with Crippen LogP contribution in [0.3, 0.4) is 0 Å². The third-order valence-electron chi connectivity index (χ3n) is 5.20. The fourth-order valence-corrected chi connectivity index (χ4v) is 3.14. The van der Waals surface area contributed by atoms with Gasteiger partial charge in [0.25, 0.3) is 5.56 Å². The quantitative estimate of drug-likeness (QED) is 0.650. The lowest BCUT2D eigenvalue weighted by Gasteiger charge is -2.31. The number of imidazole rings is 1. The summed E-state index contributed by atoms with van der Waals surface area (Å²) in [6, 6.07) is 5.07. The number of ether oxygens (including phenoxy) is 1. The highest BCUT2D eigenvalue weighted by atomic mass is 19.4. The fourth-order valence-electron chi connectivity index (χ4n) is 3.14. The summed E-state index contributed by atoms with van der Waals surface area (Å²) in [5.74, 6) is -0.534. The number of carbonyl (C=O) groups is 1. The molecule has 166 valence electrons. The number of aryl methyl sites for hydroxylation is 1. The Morgan fingerprint density at radius 1 is 1.13 bits per heavy atom. The van der Waals surface area contributed by atoms with Crippen LogP contribution < -0.4 is 16.6 Å². The van der Waals surface area contributed by atoms with E-state index in [-0.39, 0.29) is 29.0 Å². The number of benzene rings is 1. The number of anilines is 1. The Bertz CT molecular complexity index is 1260. The minimum absolute atomic E-state index is 0.0798. The van der Waals surface area contributed by atoms with E-state index in [0.717, 1.165) is 18.6 Å². The molecule has 31 heavy (non-hydrogen) atoms. The maximum Gasteiger partial charge on any atom is 0.421 e. The van der Waals surface area contributed by atoms with Crippen LogP contribution in [0.25, 0.3) is 11.2 Å². The number of nitrogens with one attached hydrogen (secondary N) is 1. The summed E-state index contributed by atoms with van der Waals surface area (Å²) in [4.78, 5) is 40.8. The molecule has 0 saturated heterocycles. The lowest BCUT2D eigenvalue weighted by atomic mass is 9.95. The van der Waals surface area contributed by atoms with Gasteiger partial charge in [0.05, 0.1) is 6.33 Å². The number of amides is 1. The largest absolute Gasteiger partial charge is 0.421 e. The predicted octanol–water partition coefficient (Wildman–Crippen LogP) is 1.50. The molecule has 1 aromatic carbocycles. The molecule has 0 bridgehead atoms. The molecule has 0 aliphatic rings. The van der Waals surface area contributed by atoms with E-state index in [9.17, 15) is 27.6 Å². The maximum atomic E-state index is 13.3. The Morgan fingerprint density at radius 3 is 2.29 bits per heavy atom. The normalized spacial score (nSPS) is 13.9. The van der Waals surface area contributed by atoms with E-state index in [1.54, 1.807) is 0 Å². The lowest BCUT2D eigenvalue weighted by molar-refractivity contribution is -0.269. The van der Waals surface area contributed by atoms with Crippen LogP contribution in [0.1, 0.15) is 12.5 Å². The van der Waals surface area contributed by atoms with Crippen molar-refractivity contribution in [2.75, 3.05) is 12.4 Å². The number of hydrogen-bond acceptors (Lipinski definition) is 5. The average molecular weight is 439 g/mol. The Hall–Kier alpha value is -3.41.